The van der Waals surface area contributed by atoms with E-state index in [0.29, 0.717) is 17.2 Å². The largest absolute Gasteiger partial charge is 0.481 e. The number of benzene rings is 1. The monoisotopic (exact) mass is 293 g/mol. The van der Waals surface area contributed by atoms with Crippen molar-refractivity contribution < 1.29 is 24.2 Å². The van der Waals surface area contributed by atoms with Crippen molar-refractivity contribution in [3.63, 3.8) is 0 Å². The SMILES string of the molecule is CCC1(CC)Oc2ccc(NC(=O)CCC(=O)O)cc2O1. The van der Waals surface area contributed by atoms with Gasteiger partial charge in [0, 0.05) is 31.0 Å². The molecule has 0 atom stereocenters. The summed E-state index contributed by atoms with van der Waals surface area (Å²) in [5.74, 6) is -0.717. The van der Waals surface area contributed by atoms with Gasteiger partial charge in [0.05, 0.1) is 6.42 Å². The Morgan fingerprint density at radius 3 is 2.43 bits per heavy atom. The molecule has 114 valence electrons. The maximum Gasteiger partial charge on any atom is 0.303 e. The van der Waals surface area contributed by atoms with Crippen LogP contribution in [0.25, 0.3) is 0 Å². The molecule has 1 aromatic carbocycles. The van der Waals surface area contributed by atoms with Crippen molar-refractivity contribution in [1.82, 2.24) is 0 Å². The Balaban J connectivity index is 2.03. The molecule has 1 amide bonds. The first-order valence-corrected chi connectivity index (χ1v) is 7.01. The number of rotatable bonds is 6. The van der Waals surface area contributed by atoms with Crippen molar-refractivity contribution >= 4 is 17.6 Å². The van der Waals surface area contributed by atoms with E-state index in [4.69, 9.17) is 14.6 Å². The molecule has 0 saturated carbocycles. The van der Waals surface area contributed by atoms with Gasteiger partial charge in [0.1, 0.15) is 0 Å². The van der Waals surface area contributed by atoms with Crippen LogP contribution in [-0.2, 0) is 9.59 Å². The zero-order chi connectivity index (χ0) is 15.5. The van der Waals surface area contributed by atoms with E-state index in [1.165, 1.54) is 0 Å². The average molecular weight is 293 g/mol. The Kier molecular flexibility index (Phi) is 4.35. The lowest BCUT2D eigenvalue weighted by Crippen LogP contribution is -2.36. The quantitative estimate of drug-likeness (QED) is 0.842. The molecule has 1 aliphatic heterocycles. The molecule has 6 nitrogen and oxygen atoms in total. The number of amides is 1. The first-order valence-electron chi connectivity index (χ1n) is 7.01. The predicted octanol–water partition coefficient (Wildman–Crippen LogP) is 2.78. The van der Waals surface area contributed by atoms with E-state index in [9.17, 15) is 9.59 Å². The second kappa shape index (κ2) is 6.03. The molecular formula is C15H19NO5. The summed E-state index contributed by atoms with van der Waals surface area (Å²) in [6, 6.07) is 5.15. The summed E-state index contributed by atoms with van der Waals surface area (Å²) < 4.78 is 11.7. The lowest BCUT2D eigenvalue weighted by Gasteiger charge is -2.24. The Bertz CT molecular complexity index is 551. The molecule has 0 spiro atoms. The number of ether oxygens (including phenoxy) is 2. The van der Waals surface area contributed by atoms with Crippen LogP contribution < -0.4 is 14.8 Å². The number of hydrogen-bond donors (Lipinski definition) is 2. The van der Waals surface area contributed by atoms with E-state index < -0.39 is 11.8 Å². The van der Waals surface area contributed by atoms with Crippen LogP contribution in [0.4, 0.5) is 5.69 Å². The maximum absolute atomic E-state index is 11.6. The minimum atomic E-state index is -0.994. The molecule has 0 saturated heterocycles. The molecule has 0 radical (unpaired) electrons. The topological polar surface area (TPSA) is 84.9 Å². The third-order valence-electron chi connectivity index (χ3n) is 3.46. The van der Waals surface area contributed by atoms with E-state index >= 15 is 0 Å². The molecule has 21 heavy (non-hydrogen) atoms. The summed E-state index contributed by atoms with van der Waals surface area (Å²) in [7, 11) is 0. The first-order chi connectivity index (χ1) is 9.98. The summed E-state index contributed by atoms with van der Waals surface area (Å²) >= 11 is 0. The molecule has 2 N–H and O–H groups in total. The van der Waals surface area contributed by atoms with Crippen LogP contribution >= 0.6 is 0 Å². The summed E-state index contributed by atoms with van der Waals surface area (Å²) in [6.45, 7) is 3.98. The van der Waals surface area contributed by atoms with E-state index in [2.05, 4.69) is 5.32 Å². The van der Waals surface area contributed by atoms with E-state index in [1.54, 1.807) is 18.2 Å². The van der Waals surface area contributed by atoms with Crippen molar-refractivity contribution in [3.05, 3.63) is 18.2 Å². The average Bonchev–Trinajstić information content (AvgIpc) is 2.84. The minimum Gasteiger partial charge on any atom is -0.481 e. The van der Waals surface area contributed by atoms with Gasteiger partial charge in [-0.15, -0.1) is 0 Å². The van der Waals surface area contributed by atoms with Crippen molar-refractivity contribution in [2.75, 3.05) is 5.32 Å². The third-order valence-corrected chi connectivity index (χ3v) is 3.46. The van der Waals surface area contributed by atoms with Crippen LogP contribution in [0.5, 0.6) is 11.5 Å². The van der Waals surface area contributed by atoms with Crippen LogP contribution in [-0.4, -0.2) is 22.8 Å². The van der Waals surface area contributed by atoms with Gasteiger partial charge in [-0.3, -0.25) is 9.59 Å². The molecule has 0 aromatic heterocycles. The van der Waals surface area contributed by atoms with Gasteiger partial charge >= 0.3 is 5.97 Å². The van der Waals surface area contributed by atoms with Gasteiger partial charge < -0.3 is 19.9 Å². The van der Waals surface area contributed by atoms with Gasteiger partial charge in [-0.05, 0) is 12.1 Å². The fraction of sp³-hybridized carbons (Fsp3) is 0.467. The van der Waals surface area contributed by atoms with Gasteiger partial charge in [-0.2, -0.15) is 0 Å². The predicted molar refractivity (Wildman–Crippen MR) is 76.5 cm³/mol. The lowest BCUT2D eigenvalue weighted by molar-refractivity contribution is -0.138. The van der Waals surface area contributed by atoms with Gasteiger partial charge in [0.15, 0.2) is 11.5 Å². The second-order valence-electron chi connectivity index (χ2n) is 4.93. The molecule has 2 rings (SSSR count). The van der Waals surface area contributed by atoms with Gasteiger partial charge in [0.25, 0.3) is 5.79 Å². The molecule has 1 heterocycles. The molecule has 6 heteroatoms. The van der Waals surface area contributed by atoms with E-state index in [-0.39, 0.29) is 18.7 Å². The number of aliphatic carboxylic acids is 1. The fourth-order valence-corrected chi connectivity index (χ4v) is 2.15. The van der Waals surface area contributed by atoms with Crippen molar-refractivity contribution in [3.8, 4) is 11.5 Å². The lowest BCUT2D eigenvalue weighted by atomic mass is 10.1. The Hall–Kier alpha value is -2.24. The fourth-order valence-electron chi connectivity index (χ4n) is 2.15. The number of carbonyl (C=O) groups excluding carboxylic acids is 1. The third kappa shape index (κ3) is 3.45. The zero-order valence-electron chi connectivity index (χ0n) is 12.1. The Morgan fingerprint density at radius 2 is 1.81 bits per heavy atom. The van der Waals surface area contributed by atoms with Crippen molar-refractivity contribution in [2.24, 2.45) is 0 Å². The number of carboxylic acids is 1. The van der Waals surface area contributed by atoms with Crippen LogP contribution in [0.15, 0.2) is 18.2 Å². The Morgan fingerprint density at radius 1 is 1.14 bits per heavy atom. The zero-order valence-corrected chi connectivity index (χ0v) is 12.1. The first kappa shape index (κ1) is 15.2. The molecule has 0 unspecified atom stereocenters. The maximum atomic E-state index is 11.6. The Labute approximate surface area is 123 Å². The van der Waals surface area contributed by atoms with Crippen molar-refractivity contribution in [1.29, 1.82) is 0 Å². The summed E-state index contributed by atoms with van der Waals surface area (Å²) in [6.07, 6.45) is 1.19. The van der Waals surface area contributed by atoms with Crippen LogP contribution in [0.3, 0.4) is 0 Å². The molecular weight excluding hydrogens is 274 g/mol. The van der Waals surface area contributed by atoms with E-state index in [1.807, 2.05) is 13.8 Å². The normalized spacial score (nSPS) is 14.8. The highest BCUT2D eigenvalue weighted by atomic mass is 16.7. The number of carboxylic acid groups (broad SMARTS) is 1. The highest BCUT2D eigenvalue weighted by Crippen LogP contribution is 2.43. The number of hydrogen-bond acceptors (Lipinski definition) is 4. The molecule has 0 bridgehead atoms. The number of nitrogens with one attached hydrogen (secondary N) is 1. The molecule has 0 fully saturated rings. The summed E-state index contributed by atoms with van der Waals surface area (Å²) in [5, 5.41) is 11.2. The van der Waals surface area contributed by atoms with Gasteiger partial charge in [-0.25, -0.2) is 0 Å². The summed E-state index contributed by atoms with van der Waals surface area (Å²) in [5.41, 5.74) is 0.566. The number of anilines is 1. The van der Waals surface area contributed by atoms with E-state index in [0.717, 1.165) is 12.8 Å². The van der Waals surface area contributed by atoms with Crippen LogP contribution in [0.2, 0.25) is 0 Å². The smallest absolute Gasteiger partial charge is 0.303 e. The number of fused-ring (bicyclic) bond motifs is 1. The molecule has 0 aliphatic carbocycles. The van der Waals surface area contributed by atoms with Gasteiger partial charge in [-0.1, -0.05) is 13.8 Å². The highest BCUT2D eigenvalue weighted by Gasteiger charge is 2.38. The second-order valence-corrected chi connectivity index (χ2v) is 4.93. The van der Waals surface area contributed by atoms with Crippen molar-refractivity contribution in [2.45, 2.75) is 45.3 Å². The minimum absolute atomic E-state index is 0.0579. The standard InChI is InChI=1S/C15H19NO5/c1-3-15(4-2)20-11-6-5-10(9-12(11)21-15)16-13(17)7-8-14(18)19/h5-6,9H,3-4,7-8H2,1-2H3,(H,16,17)(H,18,19). The molecule has 1 aliphatic rings. The number of carbonyl (C=O) groups is 2. The van der Waals surface area contributed by atoms with Crippen LogP contribution in [0, 0.1) is 0 Å². The summed E-state index contributed by atoms with van der Waals surface area (Å²) in [4.78, 5) is 22.0. The highest BCUT2D eigenvalue weighted by molar-refractivity contribution is 5.92. The van der Waals surface area contributed by atoms with Crippen LogP contribution in [0.1, 0.15) is 39.5 Å². The van der Waals surface area contributed by atoms with Gasteiger partial charge in [0.2, 0.25) is 5.91 Å². The molecule has 1 aromatic rings.